The molecule has 0 saturated carbocycles. The number of ether oxygens (including phenoxy) is 1. The van der Waals surface area contributed by atoms with Crippen LogP contribution in [0.1, 0.15) is 36.8 Å². The highest BCUT2D eigenvalue weighted by atomic mass is 19.1. The number of rotatable bonds is 4. The van der Waals surface area contributed by atoms with E-state index in [0.29, 0.717) is 0 Å². The van der Waals surface area contributed by atoms with E-state index in [4.69, 9.17) is 4.74 Å². The molecule has 0 amide bonds. The van der Waals surface area contributed by atoms with E-state index in [-0.39, 0.29) is 18.8 Å². The van der Waals surface area contributed by atoms with Gasteiger partial charge < -0.3 is 4.74 Å². The van der Waals surface area contributed by atoms with Crippen LogP contribution in [0.2, 0.25) is 0 Å². The van der Waals surface area contributed by atoms with Crippen LogP contribution in [-0.4, -0.2) is 22.4 Å². The number of hydrogen-bond donors (Lipinski definition) is 0. The highest BCUT2D eigenvalue weighted by Crippen LogP contribution is 2.08. The fourth-order valence-corrected chi connectivity index (χ4v) is 1.57. The van der Waals surface area contributed by atoms with Crippen LogP contribution in [0.25, 0.3) is 0 Å². The van der Waals surface area contributed by atoms with Crippen LogP contribution < -0.4 is 0 Å². The first-order valence-corrected chi connectivity index (χ1v) is 6.65. The Morgan fingerprint density at radius 1 is 1.30 bits per heavy atom. The number of carbonyl (C=O) groups is 1. The lowest BCUT2D eigenvalue weighted by Crippen LogP contribution is -2.08. The third kappa shape index (κ3) is 4.19. The van der Waals surface area contributed by atoms with Gasteiger partial charge in [-0.1, -0.05) is 44.2 Å². The van der Waals surface area contributed by atoms with Gasteiger partial charge in [0.1, 0.15) is 0 Å². The Morgan fingerprint density at radius 2 is 1.95 bits per heavy atom. The van der Waals surface area contributed by atoms with Gasteiger partial charge in [-0.15, -0.1) is 0 Å². The predicted octanol–water partition coefficient (Wildman–Crippen LogP) is 3.27. The molecule has 0 saturated heterocycles. The first-order valence-electron chi connectivity index (χ1n) is 6.65. The minimum atomic E-state index is -0.608. The summed E-state index contributed by atoms with van der Waals surface area (Å²) in [5, 5.41) is 3.89. The molecule has 0 unspecified atom stereocenters. The Bertz CT molecular complexity index is 538. The van der Waals surface area contributed by atoms with Gasteiger partial charge in [0.2, 0.25) is 5.95 Å². The molecule has 0 atom stereocenters. The zero-order chi connectivity index (χ0) is 15.0. The van der Waals surface area contributed by atoms with E-state index in [1.54, 1.807) is 6.92 Å². The average Bonchev–Trinajstić information content (AvgIpc) is 2.84. The summed E-state index contributed by atoms with van der Waals surface area (Å²) in [5.74, 6) is -1.16. The van der Waals surface area contributed by atoms with Crippen molar-refractivity contribution in [3.05, 3.63) is 53.6 Å². The van der Waals surface area contributed by atoms with Crippen LogP contribution in [0.4, 0.5) is 4.39 Å². The molecule has 1 aromatic carbocycles. The molecule has 2 aromatic rings. The van der Waals surface area contributed by atoms with Gasteiger partial charge in [0.25, 0.3) is 0 Å². The normalized spacial score (nSPS) is 9.60. The number of esters is 1. The monoisotopic (exact) mass is 278 g/mol. The van der Waals surface area contributed by atoms with Crippen molar-refractivity contribution in [1.82, 2.24) is 9.78 Å². The van der Waals surface area contributed by atoms with Gasteiger partial charge in [-0.3, -0.25) is 0 Å². The molecule has 0 spiro atoms. The van der Waals surface area contributed by atoms with E-state index in [2.05, 4.69) is 5.10 Å². The maximum atomic E-state index is 13.6. The Kier molecular flexibility index (Phi) is 6.43. The molecule has 1 heterocycles. The molecule has 5 heteroatoms. The minimum Gasteiger partial charge on any atom is -0.461 e. The van der Waals surface area contributed by atoms with Crippen molar-refractivity contribution in [3.63, 3.8) is 0 Å². The Hall–Kier alpha value is -2.17. The quantitative estimate of drug-likeness (QED) is 0.806. The fourth-order valence-electron chi connectivity index (χ4n) is 1.57. The van der Waals surface area contributed by atoms with E-state index in [9.17, 15) is 9.18 Å². The second-order valence-corrected chi connectivity index (χ2v) is 3.72. The van der Waals surface area contributed by atoms with E-state index in [1.165, 1.54) is 0 Å². The van der Waals surface area contributed by atoms with Crippen LogP contribution in [0.15, 0.2) is 36.4 Å². The van der Waals surface area contributed by atoms with Crippen LogP contribution in [-0.2, 0) is 11.3 Å². The lowest BCUT2D eigenvalue weighted by molar-refractivity contribution is 0.0518. The number of carbonyl (C=O) groups excluding carboxylic acids is 1. The fraction of sp³-hybridized carbons (Fsp3) is 0.333. The zero-order valence-corrected chi connectivity index (χ0v) is 12.0. The molecule has 108 valence electrons. The van der Waals surface area contributed by atoms with E-state index >= 15 is 0 Å². The van der Waals surface area contributed by atoms with Crippen molar-refractivity contribution in [2.45, 2.75) is 27.3 Å². The summed E-state index contributed by atoms with van der Waals surface area (Å²) < 4.78 is 19.5. The van der Waals surface area contributed by atoms with Gasteiger partial charge in [-0.05, 0) is 12.5 Å². The maximum Gasteiger partial charge on any atom is 0.358 e. The number of hydrogen-bond acceptors (Lipinski definition) is 3. The van der Waals surface area contributed by atoms with Gasteiger partial charge in [0.05, 0.1) is 13.2 Å². The van der Waals surface area contributed by atoms with Crippen molar-refractivity contribution < 1.29 is 13.9 Å². The Labute approximate surface area is 118 Å². The molecule has 0 N–H and O–H groups in total. The lowest BCUT2D eigenvalue weighted by atomic mass is 10.2. The second-order valence-electron chi connectivity index (χ2n) is 3.72. The van der Waals surface area contributed by atoms with Gasteiger partial charge in [-0.25, -0.2) is 9.48 Å². The number of nitrogens with zero attached hydrogens (tertiary/aromatic N) is 2. The molecule has 0 aliphatic rings. The molecule has 0 radical (unpaired) electrons. The van der Waals surface area contributed by atoms with E-state index < -0.39 is 11.9 Å². The lowest BCUT2D eigenvalue weighted by Gasteiger charge is -2.02. The van der Waals surface area contributed by atoms with Gasteiger partial charge in [0.15, 0.2) is 5.69 Å². The number of halogens is 1. The molecule has 20 heavy (non-hydrogen) atoms. The molecular formula is C15H19FN2O2. The van der Waals surface area contributed by atoms with Crippen molar-refractivity contribution in [2.24, 2.45) is 0 Å². The van der Waals surface area contributed by atoms with Crippen molar-refractivity contribution >= 4 is 5.97 Å². The standard InChI is InChI=1S/C13H13FN2O2.C2H6/c1-2-18-13(17)11-8-12(14)16(15-11)9-10-6-4-3-5-7-10;1-2/h3-8H,2,9H2,1H3;1-2H3. The van der Waals surface area contributed by atoms with E-state index in [1.807, 2.05) is 44.2 Å². The third-order valence-electron chi connectivity index (χ3n) is 2.39. The van der Waals surface area contributed by atoms with Crippen LogP contribution in [0.5, 0.6) is 0 Å². The molecule has 0 fully saturated rings. The molecule has 1 aromatic heterocycles. The molecule has 0 aliphatic carbocycles. The van der Waals surface area contributed by atoms with Crippen molar-refractivity contribution in [2.75, 3.05) is 6.61 Å². The van der Waals surface area contributed by atoms with Gasteiger partial charge in [-0.2, -0.15) is 9.49 Å². The molecular weight excluding hydrogens is 259 g/mol. The molecule has 4 nitrogen and oxygen atoms in total. The van der Waals surface area contributed by atoms with Crippen LogP contribution >= 0.6 is 0 Å². The largest absolute Gasteiger partial charge is 0.461 e. The Morgan fingerprint density at radius 3 is 2.55 bits per heavy atom. The highest BCUT2D eigenvalue weighted by molar-refractivity contribution is 5.87. The van der Waals surface area contributed by atoms with Gasteiger partial charge in [0, 0.05) is 6.07 Å². The van der Waals surface area contributed by atoms with Crippen LogP contribution in [0, 0.1) is 5.95 Å². The first-order chi connectivity index (χ1) is 9.70. The van der Waals surface area contributed by atoms with Crippen molar-refractivity contribution in [1.29, 1.82) is 0 Å². The average molecular weight is 278 g/mol. The van der Waals surface area contributed by atoms with Crippen molar-refractivity contribution in [3.8, 4) is 0 Å². The highest BCUT2D eigenvalue weighted by Gasteiger charge is 2.15. The smallest absolute Gasteiger partial charge is 0.358 e. The zero-order valence-electron chi connectivity index (χ0n) is 12.0. The summed E-state index contributed by atoms with van der Waals surface area (Å²) in [4.78, 5) is 11.4. The third-order valence-corrected chi connectivity index (χ3v) is 2.39. The molecule has 0 aliphatic heterocycles. The van der Waals surface area contributed by atoms with Crippen LogP contribution in [0.3, 0.4) is 0 Å². The summed E-state index contributed by atoms with van der Waals surface area (Å²) in [6.45, 7) is 6.22. The predicted molar refractivity (Wildman–Crippen MR) is 75.0 cm³/mol. The second kappa shape index (κ2) is 8.09. The SMILES string of the molecule is CC.CCOC(=O)c1cc(F)n(Cc2ccccc2)n1. The summed E-state index contributed by atoms with van der Waals surface area (Å²) >= 11 is 0. The summed E-state index contributed by atoms with van der Waals surface area (Å²) in [7, 11) is 0. The summed E-state index contributed by atoms with van der Waals surface area (Å²) in [5.41, 5.74) is 0.903. The maximum absolute atomic E-state index is 13.6. The number of aromatic nitrogens is 2. The number of benzene rings is 1. The summed E-state index contributed by atoms with van der Waals surface area (Å²) in [6.07, 6.45) is 0. The van der Waals surface area contributed by atoms with E-state index in [0.717, 1.165) is 16.3 Å². The topological polar surface area (TPSA) is 44.1 Å². The van der Waals surface area contributed by atoms with Gasteiger partial charge >= 0.3 is 5.97 Å². The first kappa shape index (κ1) is 15.9. The molecule has 2 rings (SSSR count). The Balaban J connectivity index is 0.000000956. The molecule has 0 bridgehead atoms. The minimum absolute atomic E-state index is 0.00900. The summed E-state index contributed by atoms with van der Waals surface area (Å²) in [6, 6.07) is 10.4.